The molecule has 1 aromatic carbocycles. The topological polar surface area (TPSA) is 106 Å². The van der Waals surface area contributed by atoms with Crippen LogP contribution < -0.4 is 10.1 Å². The lowest BCUT2D eigenvalue weighted by Crippen LogP contribution is -2.27. The number of fused-ring (bicyclic) bond motifs is 1. The molecule has 0 aliphatic rings. The molecule has 0 fully saturated rings. The molecule has 1 amide bonds. The fourth-order valence-electron chi connectivity index (χ4n) is 2.88. The van der Waals surface area contributed by atoms with Crippen molar-refractivity contribution in [3.05, 3.63) is 58.5 Å². The van der Waals surface area contributed by atoms with E-state index < -0.39 is 5.97 Å². The zero-order valence-corrected chi connectivity index (χ0v) is 15.3. The van der Waals surface area contributed by atoms with Crippen molar-refractivity contribution in [2.24, 2.45) is 0 Å². The number of hydrogen-bond acceptors (Lipinski definition) is 5. The number of carbonyl (C=O) groups excluding carboxylic acids is 1. The molecule has 0 saturated heterocycles. The van der Waals surface area contributed by atoms with Crippen molar-refractivity contribution in [1.82, 2.24) is 19.9 Å². The van der Waals surface area contributed by atoms with E-state index in [4.69, 9.17) is 9.84 Å². The van der Waals surface area contributed by atoms with E-state index in [-0.39, 0.29) is 11.5 Å². The number of amides is 1. The zero-order chi connectivity index (χ0) is 19.6. The van der Waals surface area contributed by atoms with E-state index in [9.17, 15) is 9.59 Å². The molecule has 140 valence electrons. The molecule has 3 rings (SSSR count). The number of carboxylic acid groups (broad SMARTS) is 1. The number of nitrogens with zero attached hydrogens (tertiary/aromatic N) is 3. The molecule has 0 radical (unpaired) electrons. The lowest BCUT2D eigenvalue weighted by Gasteiger charge is -2.11. The van der Waals surface area contributed by atoms with Gasteiger partial charge in [0.1, 0.15) is 5.75 Å². The minimum atomic E-state index is -1.01. The highest BCUT2D eigenvalue weighted by molar-refractivity contribution is 5.95. The molecule has 8 heteroatoms. The van der Waals surface area contributed by atoms with Crippen molar-refractivity contribution in [2.45, 2.75) is 20.3 Å². The Hall–Kier alpha value is -3.42. The first-order valence-electron chi connectivity index (χ1n) is 8.41. The van der Waals surface area contributed by atoms with E-state index >= 15 is 0 Å². The Labute approximate surface area is 155 Å². The molecule has 0 aliphatic carbocycles. The summed E-state index contributed by atoms with van der Waals surface area (Å²) in [7, 11) is 1.49. The molecule has 2 N–H and O–H groups in total. The van der Waals surface area contributed by atoms with Gasteiger partial charge >= 0.3 is 5.97 Å². The molecule has 2 aromatic heterocycles. The Kier molecular flexibility index (Phi) is 5.07. The van der Waals surface area contributed by atoms with E-state index in [0.29, 0.717) is 35.6 Å². The molecule has 8 nitrogen and oxygen atoms in total. The van der Waals surface area contributed by atoms with Crippen LogP contribution in [-0.4, -0.2) is 45.2 Å². The summed E-state index contributed by atoms with van der Waals surface area (Å²) < 4.78 is 6.90. The summed E-state index contributed by atoms with van der Waals surface area (Å²) in [5.41, 5.74) is 3.68. The van der Waals surface area contributed by atoms with Crippen LogP contribution in [0.5, 0.6) is 5.75 Å². The van der Waals surface area contributed by atoms with Crippen LogP contribution in [0.15, 0.2) is 30.5 Å². The van der Waals surface area contributed by atoms with Gasteiger partial charge in [0.05, 0.1) is 29.6 Å². The normalized spacial score (nSPS) is 10.8. The number of aryl methyl sites for hydroxylation is 2. The van der Waals surface area contributed by atoms with Crippen molar-refractivity contribution in [3.8, 4) is 5.75 Å². The Morgan fingerprint density at radius 1 is 1.26 bits per heavy atom. The van der Waals surface area contributed by atoms with Gasteiger partial charge < -0.3 is 15.2 Å². The molecular weight excluding hydrogens is 348 g/mol. The van der Waals surface area contributed by atoms with Crippen LogP contribution >= 0.6 is 0 Å². The summed E-state index contributed by atoms with van der Waals surface area (Å²) in [6.45, 7) is 4.07. The number of methoxy groups -OCH3 is 1. The third kappa shape index (κ3) is 3.74. The second kappa shape index (κ2) is 7.45. The maximum Gasteiger partial charge on any atom is 0.335 e. The number of hydrogen-bond donors (Lipinski definition) is 2. The predicted octanol–water partition coefficient (Wildman–Crippen LogP) is 2.03. The van der Waals surface area contributed by atoms with E-state index in [2.05, 4.69) is 15.4 Å². The number of aromatic nitrogens is 3. The van der Waals surface area contributed by atoms with Gasteiger partial charge in [-0.1, -0.05) is 6.07 Å². The van der Waals surface area contributed by atoms with Crippen molar-refractivity contribution in [3.63, 3.8) is 0 Å². The summed E-state index contributed by atoms with van der Waals surface area (Å²) in [4.78, 5) is 27.8. The molecule has 0 saturated carbocycles. The Morgan fingerprint density at radius 2 is 2.04 bits per heavy atom. The first-order valence-corrected chi connectivity index (χ1v) is 8.41. The highest BCUT2D eigenvalue weighted by Crippen LogP contribution is 2.20. The second-order valence-electron chi connectivity index (χ2n) is 6.15. The SMILES string of the molecule is COc1cc(C(=O)O)ccc1CCNC(=O)c1cnc2cc(C)nn2c1C. The fourth-order valence-corrected chi connectivity index (χ4v) is 2.88. The number of ether oxygens (including phenoxy) is 1. The highest BCUT2D eigenvalue weighted by atomic mass is 16.5. The van der Waals surface area contributed by atoms with Crippen LogP contribution in [0.3, 0.4) is 0 Å². The minimum absolute atomic E-state index is 0.157. The van der Waals surface area contributed by atoms with Crippen molar-refractivity contribution in [1.29, 1.82) is 0 Å². The number of aromatic carboxylic acids is 1. The number of nitrogens with one attached hydrogen (secondary N) is 1. The van der Waals surface area contributed by atoms with Gasteiger partial charge in [-0.15, -0.1) is 0 Å². The van der Waals surface area contributed by atoms with E-state index in [1.54, 1.807) is 16.8 Å². The number of carbonyl (C=O) groups is 2. The van der Waals surface area contributed by atoms with Gasteiger partial charge in [-0.25, -0.2) is 14.3 Å². The largest absolute Gasteiger partial charge is 0.496 e. The number of carboxylic acids is 1. The predicted molar refractivity (Wildman–Crippen MR) is 98.5 cm³/mol. The van der Waals surface area contributed by atoms with Crippen molar-refractivity contribution < 1.29 is 19.4 Å². The fraction of sp³-hybridized carbons (Fsp3) is 0.263. The van der Waals surface area contributed by atoms with E-state index in [0.717, 1.165) is 11.3 Å². The smallest absolute Gasteiger partial charge is 0.335 e. The van der Waals surface area contributed by atoms with Crippen LogP contribution in [-0.2, 0) is 6.42 Å². The summed E-state index contributed by atoms with van der Waals surface area (Å²) in [5, 5.41) is 16.2. The van der Waals surface area contributed by atoms with Gasteiger partial charge in [-0.05, 0) is 38.0 Å². The molecule has 2 heterocycles. The van der Waals surface area contributed by atoms with Gasteiger partial charge in [-0.2, -0.15) is 5.10 Å². The monoisotopic (exact) mass is 368 g/mol. The maximum absolute atomic E-state index is 12.5. The standard InChI is InChI=1S/C19H20N4O4/c1-11-8-17-21-10-15(12(2)23(17)22-11)18(24)20-7-6-13-4-5-14(19(25)26)9-16(13)27-3/h4-5,8-10H,6-7H2,1-3H3,(H,20,24)(H,25,26). The Morgan fingerprint density at radius 3 is 2.74 bits per heavy atom. The quantitative estimate of drug-likeness (QED) is 0.690. The molecule has 0 aliphatic heterocycles. The van der Waals surface area contributed by atoms with E-state index in [1.807, 2.05) is 19.9 Å². The molecular formula is C19H20N4O4. The third-order valence-corrected chi connectivity index (χ3v) is 4.30. The summed E-state index contributed by atoms with van der Waals surface area (Å²) in [6.07, 6.45) is 2.05. The first-order chi connectivity index (χ1) is 12.9. The van der Waals surface area contributed by atoms with Gasteiger partial charge in [0, 0.05) is 18.8 Å². The Bertz CT molecular complexity index is 1030. The zero-order valence-electron chi connectivity index (χ0n) is 15.3. The second-order valence-corrected chi connectivity index (χ2v) is 6.15. The Balaban J connectivity index is 1.70. The summed E-state index contributed by atoms with van der Waals surface area (Å²) in [6, 6.07) is 6.53. The molecule has 0 spiro atoms. The lowest BCUT2D eigenvalue weighted by atomic mass is 10.1. The molecule has 0 atom stereocenters. The minimum Gasteiger partial charge on any atom is -0.496 e. The summed E-state index contributed by atoms with van der Waals surface area (Å²) >= 11 is 0. The van der Waals surface area contributed by atoms with Gasteiger partial charge in [0.25, 0.3) is 5.91 Å². The number of rotatable bonds is 6. The van der Waals surface area contributed by atoms with Gasteiger partial charge in [-0.3, -0.25) is 4.79 Å². The molecule has 0 bridgehead atoms. The van der Waals surface area contributed by atoms with Gasteiger partial charge in [0.15, 0.2) is 5.65 Å². The van der Waals surface area contributed by atoms with Crippen LogP contribution in [0.25, 0.3) is 5.65 Å². The number of benzene rings is 1. The first kappa shape index (κ1) is 18.4. The van der Waals surface area contributed by atoms with Crippen LogP contribution in [0.1, 0.15) is 37.7 Å². The maximum atomic E-state index is 12.5. The van der Waals surface area contributed by atoms with Crippen LogP contribution in [0.2, 0.25) is 0 Å². The third-order valence-electron chi connectivity index (χ3n) is 4.30. The average Bonchev–Trinajstić information content (AvgIpc) is 3.03. The van der Waals surface area contributed by atoms with Gasteiger partial charge in [0.2, 0.25) is 0 Å². The van der Waals surface area contributed by atoms with Crippen molar-refractivity contribution >= 4 is 17.5 Å². The van der Waals surface area contributed by atoms with Crippen LogP contribution in [0.4, 0.5) is 0 Å². The van der Waals surface area contributed by atoms with Crippen molar-refractivity contribution in [2.75, 3.05) is 13.7 Å². The summed E-state index contributed by atoms with van der Waals surface area (Å²) in [5.74, 6) is -0.771. The van der Waals surface area contributed by atoms with Crippen LogP contribution in [0, 0.1) is 13.8 Å². The van der Waals surface area contributed by atoms with E-state index in [1.165, 1.54) is 19.2 Å². The highest BCUT2D eigenvalue weighted by Gasteiger charge is 2.14. The molecule has 27 heavy (non-hydrogen) atoms. The molecule has 0 unspecified atom stereocenters. The molecule has 3 aromatic rings. The average molecular weight is 368 g/mol. The lowest BCUT2D eigenvalue weighted by molar-refractivity contribution is 0.0696.